The molecule has 0 spiro atoms. The van der Waals surface area contributed by atoms with Crippen LogP contribution < -0.4 is 0 Å². The first kappa shape index (κ1) is 21.4. The molecule has 7 nitrogen and oxygen atoms in total. The summed E-state index contributed by atoms with van der Waals surface area (Å²) in [6, 6.07) is 14.7. The number of piperidine rings is 1. The largest absolute Gasteiger partial charge is 0.337 e. The molecule has 0 radical (unpaired) electrons. The summed E-state index contributed by atoms with van der Waals surface area (Å²) in [7, 11) is 0. The molecule has 1 aliphatic rings. The number of nitrogens with zero attached hydrogens (tertiary/aromatic N) is 5. The highest BCUT2D eigenvalue weighted by atomic mass is 32.1. The van der Waals surface area contributed by atoms with Gasteiger partial charge in [-0.2, -0.15) is 5.10 Å². The average molecular weight is 492 g/mol. The van der Waals surface area contributed by atoms with Gasteiger partial charge < -0.3 is 4.98 Å². The molecule has 0 bridgehead atoms. The molecule has 178 valence electrons. The molecule has 0 unspecified atom stereocenters. The zero-order valence-corrected chi connectivity index (χ0v) is 20.6. The molecule has 6 aromatic rings. The molecule has 6 heterocycles. The van der Waals surface area contributed by atoms with Crippen LogP contribution >= 0.6 is 11.3 Å². The van der Waals surface area contributed by atoms with E-state index in [0.717, 1.165) is 56.8 Å². The Bertz CT molecular complexity index is 1660. The number of para-hydroxylation sites is 1. The van der Waals surface area contributed by atoms with Gasteiger partial charge in [0.25, 0.3) is 0 Å². The van der Waals surface area contributed by atoms with Crippen molar-refractivity contribution in [3.05, 3.63) is 72.0 Å². The third-order valence-electron chi connectivity index (χ3n) is 6.92. The predicted molar refractivity (Wildman–Crippen MR) is 145 cm³/mol. The standard InChI is InChI=1S/C28H25N7S/c1-2-9-35(10-3-1)17-18-12-19(15-29-14-18)23-13-21-24(16-30-23)33-34-27(21)28-31-22-7-4-6-20(26(22)32-28)25-8-5-11-36-25/h4-8,11-16H,1-3,9-10,17H2,(H,31,32)(H,33,34). The normalized spacial score (nSPS) is 14.7. The zero-order chi connectivity index (χ0) is 23.9. The second kappa shape index (κ2) is 8.96. The van der Waals surface area contributed by atoms with Crippen molar-refractivity contribution >= 4 is 33.3 Å². The first-order valence-corrected chi connectivity index (χ1v) is 13.2. The maximum absolute atomic E-state index is 4.97. The van der Waals surface area contributed by atoms with Crippen molar-refractivity contribution in [2.45, 2.75) is 25.8 Å². The third kappa shape index (κ3) is 3.88. The quantitative estimate of drug-likeness (QED) is 0.296. The number of aromatic amines is 2. The Morgan fingerprint density at radius 2 is 1.89 bits per heavy atom. The summed E-state index contributed by atoms with van der Waals surface area (Å²) >= 11 is 1.72. The van der Waals surface area contributed by atoms with Crippen LogP contribution in [0.25, 0.3) is 55.2 Å². The Kier molecular flexibility index (Phi) is 5.33. The van der Waals surface area contributed by atoms with Crippen molar-refractivity contribution in [1.29, 1.82) is 0 Å². The highest BCUT2D eigenvalue weighted by molar-refractivity contribution is 7.13. The number of pyridine rings is 2. The van der Waals surface area contributed by atoms with Crippen LogP contribution in [0.5, 0.6) is 0 Å². The van der Waals surface area contributed by atoms with Crippen LogP contribution in [-0.2, 0) is 6.54 Å². The number of hydrogen-bond donors (Lipinski definition) is 2. The highest BCUT2D eigenvalue weighted by Crippen LogP contribution is 2.34. The number of nitrogens with one attached hydrogen (secondary N) is 2. The summed E-state index contributed by atoms with van der Waals surface area (Å²) in [5.74, 6) is 0.745. The van der Waals surface area contributed by atoms with Crippen LogP contribution in [0.2, 0.25) is 0 Å². The number of rotatable bonds is 5. The second-order valence-corrected chi connectivity index (χ2v) is 10.3. The van der Waals surface area contributed by atoms with E-state index in [4.69, 9.17) is 9.97 Å². The van der Waals surface area contributed by atoms with E-state index in [0.29, 0.717) is 0 Å². The molecule has 2 N–H and O–H groups in total. The average Bonchev–Trinajstić information content (AvgIpc) is 3.68. The van der Waals surface area contributed by atoms with E-state index in [9.17, 15) is 0 Å². The van der Waals surface area contributed by atoms with Crippen molar-refractivity contribution in [3.8, 4) is 33.2 Å². The molecule has 36 heavy (non-hydrogen) atoms. The van der Waals surface area contributed by atoms with Crippen LogP contribution in [0, 0.1) is 0 Å². The van der Waals surface area contributed by atoms with Gasteiger partial charge >= 0.3 is 0 Å². The lowest BCUT2D eigenvalue weighted by atomic mass is 10.1. The minimum atomic E-state index is 0.745. The van der Waals surface area contributed by atoms with Gasteiger partial charge in [-0.3, -0.25) is 20.0 Å². The maximum atomic E-state index is 4.97. The van der Waals surface area contributed by atoms with E-state index in [1.54, 1.807) is 11.3 Å². The maximum Gasteiger partial charge on any atom is 0.159 e. The summed E-state index contributed by atoms with van der Waals surface area (Å²) < 4.78 is 0. The molecular formula is C28H25N7S. The first-order valence-electron chi connectivity index (χ1n) is 12.4. The summed E-state index contributed by atoms with van der Waals surface area (Å²) in [4.78, 5) is 21.4. The molecular weight excluding hydrogens is 466 g/mol. The van der Waals surface area contributed by atoms with Crippen molar-refractivity contribution in [2.24, 2.45) is 0 Å². The first-order chi connectivity index (χ1) is 17.8. The van der Waals surface area contributed by atoms with E-state index < -0.39 is 0 Å². The number of thiophene rings is 1. The number of likely N-dealkylation sites (tertiary alicyclic amines) is 1. The predicted octanol–water partition coefficient (Wildman–Crippen LogP) is 6.28. The molecule has 8 heteroatoms. The van der Waals surface area contributed by atoms with Gasteiger partial charge in [0, 0.05) is 40.3 Å². The lowest BCUT2D eigenvalue weighted by Gasteiger charge is -2.26. The summed E-state index contributed by atoms with van der Waals surface area (Å²) in [5, 5.41) is 10.8. The molecule has 0 atom stereocenters. The number of benzene rings is 1. The fraction of sp³-hybridized carbons (Fsp3) is 0.214. The molecule has 5 aromatic heterocycles. The molecule has 0 amide bonds. The second-order valence-electron chi connectivity index (χ2n) is 9.37. The van der Waals surface area contributed by atoms with Crippen molar-refractivity contribution in [3.63, 3.8) is 0 Å². The van der Waals surface area contributed by atoms with E-state index in [1.165, 1.54) is 42.8 Å². The topological polar surface area (TPSA) is 86.4 Å². The van der Waals surface area contributed by atoms with Crippen LogP contribution in [0.15, 0.2) is 66.4 Å². The van der Waals surface area contributed by atoms with Gasteiger partial charge in [-0.15, -0.1) is 11.3 Å². The lowest BCUT2D eigenvalue weighted by molar-refractivity contribution is 0.220. The molecule has 0 aliphatic carbocycles. The third-order valence-corrected chi connectivity index (χ3v) is 7.82. The van der Waals surface area contributed by atoms with E-state index in [-0.39, 0.29) is 0 Å². The van der Waals surface area contributed by atoms with Gasteiger partial charge in [0.2, 0.25) is 0 Å². The Morgan fingerprint density at radius 1 is 0.944 bits per heavy atom. The van der Waals surface area contributed by atoms with Crippen molar-refractivity contribution < 1.29 is 0 Å². The van der Waals surface area contributed by atoms with E-state index in [1.807, 2.05) is 18.6 Å². The Labute approximate surface area is 212 Å². The van der Waals surface area contributed by atoms with E-state index >= 15 is 0 Å². The summed E-state index contributed by atoms with van der Waals surface area (Å²) in [6.45, 7) is 3.27. The fourth-order valence-electron chi connectivity index (χ4n) is 5.12. The molecule has 7 rings (SSSR count). The molecule has 1 aliphatic heterocycles. The smallest absolute Gasteiger partial charge is 0.159 e. The molecule has 1 saturated heterocycles. The van der Waals surface area contributed by atoms with Crippen LogP contribution in [0.1, 0.15) is 24.8 Å². The van der Waals surface area contributed by atoms with Gasteiger partial charge in [-0.1, -0.05) is 24.6 Å². The number of aromatic nitrogens is 6. The molecule has 1 aromatic carbocycles. The Morgan fingerprint density at radius 3 is 2.78 bits per heavy atom. The Hall–Kier alpha value is -3.88. The summed E-state index contributed by atoms with van der Waals surface area (Å²) in [5.41, 5.74) is 7.87. The molecule has 1 fully saturated rings. The monoisotopic (exact) mass is 491 g/mol. The number of imidazole rings is 1. The molecule has 0 saturated carbocycles. The summed E-state index contributed by atoms with van der Waals surface area (Å²) in [6.07, 6.45) is 9.61. The van der Waals surface area contributed by atoms with Gasteiger partial charge in [0.05, 0.1) is 28.4 Å². The fourth-order valence-corrected chi connectivity index (χ4v) is 5.87. The van der Waals surface area contributed by atoms with Crippen LogP contribution in [-0.4, -0.2) is 48.1 Å². The van der Waals surface area contributed by atoms with Gasteiger partial charge in [0.15, 0.2) is 5.82 Å². The van der Waals surface area contributed by atoms with Gasteiger partial charge in [-0.05, 0) is 61.1 Å². The Balaban J connectivity index is 1.26. The number of hydrogen-bond acceptors (Lipinski definition) is 6. The highest BCUT2D eigenvalue weighted by Gasteiger charge is 2.17. The van der Waals surface area contributed by atoms with Crippen molar-refractivity contribution in [1.82, 2.24) is 35.0 Å². The minimum Gasteiger partial charge on any atom is -0.337 e. The lowest BCUT2D eigenvalue weighted by Crippen LogP contribution is -2.29. The number of fused-ring (bicyclic) bond motifs is 2. The van der Waals surface area contributed by atoms with Crippen LogP contribution in [0.4, 0.5) is 0 Å². The van der Waals surface area contributed by atoms with Crippen LogP contribution in [0.3, 0.4) is 0 Å². The van der Waals surface area contributed by atoms with Gasteiger partial charge in [0.1, 0.15) is 5.69 Å². The van der Waals surface area contributed by atoms with Crippen molar-refractivity contribution in [2.75, 3.05) is 13.1 Å². The zero-order valence-electron chi connectivity index (χ0n) is 19.7. The minimum absolute atomic E-state index is 0.745. The number of H-pyrrole nitrogens is 2. The van der Waals surface area contributed by atoms with Gasteiger partial charge in [-0.25, -0.2) is 4.98 Å². The SMILES string of the molecule is c1csc(-c2cccc3[nH]c(-c4n[nH]c5cnc(-c6cncc(CN7CCCCC7)c6)cc45)nc23)c1. The van der Waals surface area contributed by atoms with E-state index in [2.05, 4.69) is 72.9 Å².